The van der Waals surface area contributed by atoms with E-state index < -0.39 is 80.1 Å². The summed E-state index contributed by atoms with van der Waals surface area (Å²) in [5, 5.41) is 0. The molecule has 15 heteroatoms. The van der Waals surface area contributed by atoms with Gasteiger partial charge in [0.15, 0.2) is 24.4 Å². The summed E-state index contributed by atoms with van der Waals surface area (Å²) in [5.41, 5.74) is 1.12. The average molecular weight is 641 g/mol. The molecular formula is C30H40O15. The van der Waals surface area contributed by atoms with Crippen molar-refractivity contribution < 1.29 is 71.3 Å². The van der Waals surface area contributed by atoms with Crippen molar-refractivity contribution in [2.24, 2.45) is 0 Å². The monoisotopic (exact) mass is 640 g/mol. The first-order valence-corrected chi connectivity index (χ1v) is 13.9. The highest BCUT2D eigenvalue weighted by Gasteiger charge is 2.51. The van der Waals surface area contributed by atoms with E-state index in [2.05, 4.69) is 26.3 Å². The van der Waals surface area contributed by atoms with Crippen LogP contribution in [0.5, 0.6) is 0 Å². The van der Waals surface area contributed by atoms with Crippen molar-refractivity contribution in [2.45, 2.75) is 64.3 Å². The SMILES string of the molecule is C=C(C)COCC(COC(=O)C(=C)C)OC(=O)O[C@H]1CO[C@H]2[C@@H]1OC[C@H]2OC(=O)OC(COC(=O)C(=C)C)COC(=O)C(=C)C. The number of rotatable bonds is 17. The summed E-state index contributed by atoms with van der Waals surface area (Å²) in [6.07, 6.45) is -7.97. The Bertz CT molecular complexity index is 1130. The highest BCUT2D eigenvalue weighted by molar-refractivity contribution is 5.87. The Labute approximate surface area is 260 Å². The van der Waals surface area contributed by atoms with Crippen LogP contribution in [0.15, 0.2) is 48.6 Å². The Kier molecular flexibility index (Phi) is 14.7. The third-order valence-electron chi connectivity index (χ3n) is 5.88. The molecule has 2 aliphatic heterocycles. The summed E-state index contributed by atoms with van der Waals surface area (Å²) in [4.78, 5) is 60.5. The van der Waals surface area contributed by atoms with E-state index in [0.717, 1.165) is 5.57 Å². The van der Waals surface area contributed by atoms with Gasteiger partial charge >= 0.3 is 30.2 Å². The zero-order chi connectivity index (χ0) is 33.7. The Morgan fingerprint density at radius 2 is 0.978 bits per heavy atom. The molecule has 0 radical (unpaired) electrons. The zero-order valence-electron chi connectivity index (χ0n) is 25.9. The topological polar surface area (TPSA) is 178 Å². The first-order valence-electron chi connectivity index (χ1n) is 13.9. The van der Waals surface area contributed by atoms with E-state index in [1.165, 1.54) is 20.8 Å². The highest BCUT2D eigenvalue weighted by Crippen LogP contribution is 2.31. The highest BCUT2D eigenvalue weighted by atomic mass is 16.8. The normalized spacial score (nSPS) is 20.6. The molecule has 0 spiro atoms. The minimum atomic E-state index is -1.21. The number of fused-ring (bicyclic) bond motifs is 1. The van der Waals surface area contributed by atoms with Crippen molar-refractivity contribution in [3.63, 3.8) is 0 Å². The van der Waals surface area contributed by atoms with E-state index in [4.69, 9.17) is 47.4 Å². The molecule has 250 valence electrons. The Morgan fingerprint density at radius 3 is 1.31 bits per heavy atom. The number of hydrogen-bond donors (Lipinski definition) is 0. The van der Waals surface area contributed by atoms with E-state index in [9.17, 15) is 24.0 Å². The maximum Gasteiger partial charge on any atom is 0.509 e. The van der Waals surface area contributed by atoms with Crippen LogP contribution < -0.4 is 0 Å². The third-order valence-corrected chi connectivity index (χ3v) is 5.88. The first-order chi connectivity index (χ1) is 21.2. The molecule has 0 aromatic heterocycles. The fraction of sp³-hybridized carbons (Fsp3) is 0.567. The molecule has 1 unspecified atom stereocenters. The molecule has 0 aliphatic carbocycles. The van der Waals surface area contributed by atoms with Crippen LogP contribution in [0, 0.1) is 0 Å². The van der Waals surface area contributed by atoms with Gasteiger partial charge in [0, 0.05) is 16.7 Å². The molecule has 2 saturated heterocycles. The van der Waals surface area contributed by atoms with Gasteiger partial charge in [-0.05, 0) is 27.7 Å². The lowest BCUT2D eigenvalue weighted by Gasteiger charge is -2.21. The van der Waals surface area contributed by atoms with Crippen LogP contribution in [0.1, 0.15) is 27.7 Å². The van der Waals surface area contributed by atoms with Gasteiger partial charge < -0.3 is 47.4 Å². The van der Waals surface area contributed by atoms with Crippen LogP contribution in [0.25, 0.3) is 0 Å². The summed E-state index contributed by atoms with van der Waals surface area (Å²) in [5.74, 6) is -2.14. The van der Waals surface area contributed by atoms with Gasteiger partial charge in [-0.15, -0.1) is 0 Å². The Balaban J connectivity index is 1.92. The molecule has 0 aromatic carbocycles. The van der Waals surface area contributed by atoms with Gasteiger partial charge in [-0.3, -0.25) is 0 Å². The molecular weight excluding hydrogens is 600 g/mol. The average Bonchev–Trinajstić information content (AvgIpc) is 3.54. The lowest BCUT2D eigenvalue weighted by atomic mass is 10.1. The summed E-state index contributed by atoms with van der Waals surface area (Å²) in [6, 6.07) is 0. The van der Waals surface area contributed by atoms with Gasteiger partial charge in [-0.2, -0.15) is 0 Å². The molecule has 45 heavy (non-hydrogen) atoms. The van der Waals surface area contributed by atoms with Crippen molar-refractivity contribution >= 4 is 30.2 Å². The van der Waals surface area contributed by atoms with Gasteiger partial charge in [0.05, 0.1) is 26.4 Å². The molecule has 2 rings (SSSR count). The van der Waals surface area contributed by atoms with Gasteiger partial charge in [-0.25, -0.2) is 24.0 Å². The lowest BCUT2D eigenvalue weighted by Crippen LogP contribution is -2.38. The number of esters is 3. The maximum absolute atomic E-state index is 12.6. The van der Waals surface area contributed by atoms with Gasteiger partial charge in [-0.1, -0.05) is 31.9 Å². The number of hydrogen-bond acceptors (Lipinski definition) is 15. The standard InChI is InChI=1S/C30H40O15/c1-16(2)9-36-10-20(11-39-26(31)17(3)4)42-29(34)44-22-14-37-25-23(15-38-24(22)25)45-30(35)43-21(12-40-27(32)18(5)6)13-41-28(33)19(7)8/h20-25H,1,3,5,7,9-15H2,2,4,6,8H3/t20?,22-,23+,24+,25+/m0/s1. The molecule has 0 amide bonds. The molecule has 0 N–H and O–H groups in total. The van der Waals surface area contributed by atoms with Crippen LogP contribution in [-0.4, -0.2) is 113 Å². The predicted molar refractivity (Wildman–Crippen MR) is 153 cm³/mol. The minimum Gasteiger partial charge on any atom is -0.458 e. The second kappa shape index (κ2) is 17.9. The van der Waals surface area contributed by atoms with Crippen LogP contribution >= 0.6 is 0 Å². The summed E-state index contributed by atoms with van der Waals surface area (Å²) in [6.45, 7) is 18.9. The maximum atomic E-state index is 12.6. The van der Waals surface area contributed by atoms with Gasteiger partial charge in [0.25, 0.3) is 0 Å². The summed E-state index contributed by atoms with van der Waals surface area (Å²) >= 11 is 0. The number of ether oxygens (including phenoxy) is 10. The molecule has 2 heterocycles. The van der Waals surface area contributed by atoms with Crippen molar-refractivity contribution in [1.82, 2.24) is 0 Å². The molecule has 2 aliphatic rings. The van der Waals surface area contributed by atoms with Crippen molar-refractivity contribution in [2.75, 3.05) is 46.2 Å². The lowest BCUT2D eigenvalue weighted by molar-refractivity contribution is -0.149. The summed E-state index contributed by atoms with van der Waals surface area (Å²) < 4.78 is 53.1. The quantitative estimate of drug-likeness (QED) is 0.0979. The molecule has 5 atom stereocenters. The van der Waals surface area contributed by atoms with Crippen LogP contribution in [0.4, 0.5) is 9.59 Å². The fourth-order valence-electron chi connectivity index (χ4n) is 3.68. The van der Waals surface area contributed by atoms with E-state index in [1.807, 2.05) is 0 Å². The molecule has 15 nitrogen and oxygen atoms in total. The molecule has 0 saturated carbocycles. The first kappa shape index (κ1) is 37.0. The third kappa shape index (κ3) is 12.7. The smallest absolute Gasteiger partial charge is 0.458 e. The summed E-state index contributed by atoms with van der Waals surface area (Å²) in [7, 11) is 0. The van der Waals surface area contributed by atoms with Crippen LogP contribution in [0.3, 0.4) is 0 Å². The van der Waals surface area contributed by atoms with E-state index in [0.29, 0.717) is 0 Å². The minimum absolute atomic E-state index is 0.100. The predicted octanol–water partition coefficient (Wildman–Crippen LogP) is 2.52. The van der Waals surface area contributed by atoms with Crippen LogP contribution in [-0.2, 0) is 61.8 Å². The molecule has 0 aromatic rings. The van der Waals surface area contributed by atoms with E-state index >= 15 is 0 Å². The second-order valence-corrected chi connectivity index (χ2v) is 10.5. The number of carbonyl (C=O) groups is 5. The van der Waals surface area contributed by atoms with Crippen molar-refractivity contribution in [3.8, 4) is 0 Å². The van der Waals surface area contributed by atoms with Crippen molar-refractivity contribution in [1.29, 1.82) is 0 Å². The van der Waals surface area contributed by atoms with Gasteiger partial charge in [0.1, 0.15) is 32.0 Å². The van der Waals surface area contributed by atoms with Gasteiger partial charge in [0.2, 0.25) is 0 Å². The largest absolute Gasteiger partial charge is 0.509 e. The molecule has 2 fully saturated rings. The van der Waals surface area contributed by atoms with Crippen molar-refractivity contribution in [3.05, 3.63) is 48.6 Å². The second-order valence-electron chi connectivity index (χ2n) is 10.5. The zero-order valence-corrected chi connectivity index (χ0v) is 25.9. The number of carbonyl (C=O) groups excluding carboxylic acids is 5. The van der Waals surface area contributed by atoms with Crippen LogP contribution in [0.2, 0.25) is 0 Å². The van der Waals surface area contributed by atoms with E-state index in [-0.39, 0.29) is 49.8 Å². The molecule has 0 bridgehead atoms. The Hall–Kier alpha value is -4.21. The van der Waals surface area contributed by atoms with E-state index in [1.54, 1.807) is 6.92 Å². The Morgan fingerprint density at radius 1 is 0.622 bits per heavy atom. The fourth-order valence-corrected chi connectivity index (χ4v) is 3.68.